The van der Waals surface area contributed by atoms with Crippen LogP contribution in [0.25, 0.3) is 0 Å². The van der Waals surface area contributed by atoms with Gasteiger partial charge in [0.15, 0.2) is 0 Å². The highest BCUT2D eigenvalue weighted by Gasteiger charge is 2.16. The first-order valence-electron chi connectivity index (χ1n) is 6.22. The number of thiophene rings is 1. The molecule has 0 atom stereocenters. The van der Waals surface area contributed by atoms with Crippen molar-refractivity contribution in [2.75, 3.05) is 31.1 Å². The highest BCUT2D eigenvalue weighted by atomic mass is 32.1. The van der Waals surface area contributed by atoms with Gasteiger partial charge in [0.1, 0.15) is 0 Å². The second-order valence-corrected chi connectivity index (χ2v) is 5.33. The van der Waals surface area contributed by atoms with E-state index in [1.807, 2.05) is 0 Å². The van der Waals surface area contributed by atoms with Crippen LogP contribution in [-0.4, -0.2) is 36.4 Å². The standard InChI is InChI=1S/C12H16N4OS/c1-2-10(18-9-1)3-4-11-14-15-12(17-11)16-7-5-13-6-8-16/h1-2,9,13H,3-8H2. The molecule has 0 aliphatic carbocycles. The van der Waals surface area contributed by atoms with E-state index in [0.29, 0.717) is 6.01 Å². The van der Waals surface area contributed by atoms with Crippen molar-refractivity contribution in [3.8, 4) is 0 Å². The lowest BCUT2D eigenvalue weighted by Gasteiger charge is -2.24. The average Bonchev–Trinajstić information content (AvgIpc) is 3.09. The minimum atomic E-state index is 0.665. The van der Waals surface area contributed by atoms with E-state index in [0.717, 1.165) is 44.9 Å². The summed E-state index contributed by atoms with van der Waals surface area (Å²) in [4.78, 5) is 3.50. The van der Waals surface area contributed by atoms with E-state index in [2.05, 4.69) is 37.9 Å². The lowest BCUT2D eigenvalue weighted by Crippen LogP contribution is -2.43. The summed E-state index contributed by atoms with van der Waals surface area (Å²) in [6, 6.07) is 4.87. The van der Waals surface area contributed by atoms with Crippen LogP contribution in [0, 0.1) is 0 Å². The van der Waals surface area contributed by atoms with Gasteiger partial charge in [-0.2, -0.15) is 0 Å². The van der Waals surface area contributed by atoms with Gasteiger partial charge in [-0.15, -0.1) is 16.4 Å². The summed E-state index contributed by atoms with van der Waals surface area (Å²) in [6.07, 6.45) is 1.79. The maximum Gasteiger partial charge on any atom is 0.318 e. The van der Waals surface area contributed by atoms with E-state index < -0.39 is 0 Å². The van der Waals surface area contributed by atoms with Crippen LogP contribution < -0.4 is 10.2 Å². The minimum Gasteiger partial charge on any atom is -0.408 e. The SMILES string of the molecule is c1csc(CCc2nnc(N3CCNCC3)o2)c1. The number of nitrogens with zero attached hydrogens (tertiary/aromatic N) is 3. The topological polar surface area (TPSA) is 54.2 Å². The maximum absolute atomic E-state index is 5.70. The van der Waals surface area contributed by atoms with Gasteiger partial charge in [0, 0.05) is 37.5 Å². The molecule has 0 amide bonds. The predicted octanol–water partition coefficient (Wildman–Crippen LogP) is 1.33. The normalized spacial score (nSPS) is 16.1. The fraction of sp³-hybridized carbons (Fsp3) is 0.500. The van der Waals surface area contributed by atoms with Crippen LogP contribution in [0.4, 0.5) is 6.01 Å². The number of rotatable bonds is 4. The lowest BCUT2D eigenvalue weighted by atomic mass is 10.3. The van der Waals surface area contributed by atoms with E-state index in [-0.39, 0.29) is 0 Å². The molecule has 6 heteroatoms. The van der Waals surface area contributed by atoms with Crippen LogP contribution in [0.3, 0.4) is 0 Å². The number of aryl methyl sites for hydroxylation is 2. The molecule has 2 aromatic rings. The minimum absolute atomic E-state index is 0.665. The van der Waals surface area contributed by atoms with Gasteiger partial charge in [0.05, 0.1) is 0 Å². The molecule has 18 heavy (non-hydrogen) atoms. The average molecular weight is 264 g/mol. The molecule has 0 saturated carbocycles. The van der Waals surface area contributed by atoms with Crippen molar-refractivity contribution in [3.05, 3.63) is 28.3 Å². The Morgan fingerprint density at radius 2 is 2.17 bits per heavy atom. The highest BCUT2D eigenvalue weighted by Crippen LogP contribution is 2.16. The molecule has 1 saturated heterocycles. The fourth-order valence-electron chi connectivity index (χ4n) is 2.01. The first-order chi connectivity index (χ1) is 8.92. The van der Waals surface area contributed by atoms with E-state index in [9.17, 15) is 0 Å². The predicted molar refractivity (Wildman–Crippen MR) is 71.1 cm³/mol. The van der Waals surface area contributed by atoms with Crippen molar-refractivity contribution in [2.24, 2.45) is 0 Å². The maximum atomic E-state index is 5.70. The summed E-state index contributed by atoms with van der Waals surface area (Å²) in [5.74, 6) is 0.733. The van der Waals surface area contributed by atoms with Crippen LogP contribution in [0.2, 0.25) is 0 Å². The Kier molecular flexibility index (Phi) is 3.56. The third-order valence-electron chi connectivity index (χ3n) is 3.01. The van der Waals surface area contributed by atoms with E-state index in [1.54, 1.807) is 11.3 Å². The molecule has 96 valence electrons. The lowest BCUT2D eigenvalue weighted by molar-refractivity contribution is 0.465. The monoisotopic (exact) mass is 264 g/mol. The fourth-order valence-corrected chi connectivity index (χ4v) is 2.72. The van der Waals surface area contributed by atoms with Gasteiger partial charge in [0.2, 0.25) is 5.89 Å². The van der Waals surface area contributed by atoms with E-state index in [1.165, 1.54) is 4.88 Å². The second kappa shape index (κ2) is 5.49. The molecule has 1 aliphatic rings. The Morgan fingerprint density at radius 1 is 1.28 bits per heavy atom. The molecule has 1 aliphatic heterocycles. The van der Waals surface area contributed by atoms with Gasteiger partial charge >= 0.3 is 6.01 Å². The van der Waals surface area contributed by atoms with Crippen LogP contribution in [0.15, 0.2) is 21.9 Å². The van der Waals surface area contributed by atoms with Crippen LogP contribution in [0.5, 0.6) is 0 Å². The molecule has 0 spiro atoms. The molecule has 1 fully saturated rings. The van der Waals surface area contributed by atoms with Gasteiger partial charge in [-0.05, 0) is 17.9 Å². The zero-order valence-electron chi connectivity index (χ0n) is 10.1. The molecule has 5 nitrogen and oxygen atoms in total. The Balaban J connectivity index is 1.59. The molecule has 0 bridgehead atoms. The van der Waals surface area contributed by atoms with Crippen molar-refractivity contribution in [1.29, 1.82) is 0 Å². The number of anilines is 1. The number of piperazine rings is 1. The van der Waals surface area contributed by atoms with Crippen molar-refractivity contribution in [1.82, 2.24) is 15.5 Å². The molecule has 3 heterocycles. The third kappa shape index (κ3) is 2.70. The van der Waals surface area contributed by atoms with Crippen LogP contribution >= 0.6 is 11.3 Å². The quantitative estimate of drug-likeness (QED) is 0.903. The Labute approximate surface area is 110 Å². The summed E-state index contributed by atoms with van der Waals surface area (Å²) in [5, 5.41) is 13.6. The largest absolute Gasteiger partial charge is 0.408 e. The van der Waals surface area contributed by atoms with Crippen molar-refractivity contribution < 1.29 is 4.42 Å². The molecule has 1 N–H and O–H groups in total. The summed E-state index contributed by atoms with van der Waals surface area (Å²) >= 11 is 1.77. The molecule has 3 rings (SSSR count). The molecule has 2 aromatic heterocycles. The molecule has 0 aromatic carbocycles. The Morgan fingerprint density at radius 3 is 2.94 bits per heavy atom. The highest BCUT2D eigenvalue weighted by molar-refractivity contribution is 7.09. The first-order valence-corrected chi connectivity index (χ1v) is 7.10. The number of hydrogen-bond acceptors (Lipinski definition) is 6. The van der Waals surface area contributed by atoms with Gasteiger partial charge in [-0.25, -0.2) is 0 Å². The summed E-state index contributed by atoms with van der Waals surface area (Å²) in [6.45, 7) is 3.83. The zero-order valence-corrected chi connectivity index (χ0v) is 10.9. The van der Waals surface area contributed by atoms with Crippen molar-refractivity contribution >= 4 is 17.4 Å². The van der Waals surface area contributed by atoms with Gasteiger partial charge in [0.25, 0.3) is 0 Å². The third-order valence-corrected chi connectivity index (χ3v) is 3.95. The Bertz CT molecular complexity index is 476. The molecule has 0 radical (unpaired) electrons. The number of hydrogen-bond donors (Lipinski definition) is 1. The van der Waals surface area contributed by atoms with Gasteiger partial charge in [-0.1, -0.05) is 11.2 Å². The molecular formula is C12H16N4OS. The van der Waals surface area contributed by atoms with Gasteiger partial charge in [-0.3, -0.25) is 0 Å². The van der Waals surface area contributed by atoms with Crippen molar-refractivity contribution in [2.45, 2.75) is 12.8 Å². The number of nitrogens with one attached hydrogen (secondary N) is 1. The summed E-state index contributed by atoms with van der Waals surface area (Å²) in [7, 11) is 0. The molecular weight excluding hydrogens is 248 g/mol. The Hall–Kier alpha value is -1.40. The smallest absolute Gasteiger partial charge is 0.318 e. The molecule has 0 unspecified atom stereocenters. The van der Waals surface area contributed by atoms with Crippen LogP contribution in [-0.2, 0) is 12.8 Å². The van der Waals surface area contributed by atoms with Crippen molar-refractivity contribution in [3.63, 3.8) is 0 Å². The second-order valence-electron chi connectivity index (χ2n) is 4.29. The first kappa shape index (κ1) is 11.7. The summed E-state index contributed by atoms with van der Waals surface area (Å²) < 4.78 is 5.70. The van der Waals surface area contributed by atoms with Gasteiger partial charge < -0.3 is 14.6 Å². The summed E-state index contributed by atoms with van der Waals surface area (Å²) in [5.41, 5.74) is 0. The van der Waals surface area contributed by atoms with Crippen LogP contribution in [0.1, 0.15) is 10.8 Å². The number of aromatic nitrogens is 2. The van der Waals surface area contributed by atoms with E-state index >= 15 is 0 Å². The zero-order chi connectivity index (χ0) is 12.2. The van der Waals surface area contributed by atoms with E-state index in [4.69, 9.17) is 4.42 Å².